The van der Waals surface area contributed by atoms with Crippen LogP contribution in [0.5, 0.6) is 0 Å². The van der Waals surface area contributed by atoms with E-state index in [2.05, 4.69) is 44.0 Å². The van der Waals surface area contributed by atoms with Gasteiger partial charge in [-0.3, -0.25) is 0 Å². The van der Waals surface area contributed by atoms with Crippen molar-refractivity contribution >= 4 is 12.2 Å². The summed E-state index contributed by atoms with van der Waals surface area (Å²) in [7, 11) is 0. The van der Waals surface area contributed by atoms with Gasteiger partial charge in [0.15, 0.2) is 18.0 Å². The largest absolute Gasteiger partial charge is 0.407 e. The maximum atomic E-state index is 5.46. The number of nitrogens with one attached hydrogen (secondary N) is 2. The Hall–Kier alpha value is -0.650. The zero-order valence-electron chi connectivity index (χ0n) is 11.2. The van der Waals surface area contributed by atoms with E-state index in [1.54, 1.807) is 0 Å². The Kier molecular flexibility index (Phi) is 9.03. The molecule has 0 spiro atoms. The summed E-state index contributed by atoms with van der Waals surface area (Å²) in [5.41, 5.74) is 8.53. The minimum atomic E-state index is -0.0000819. The third kappa shape index (κ3) is 11.6. The molecule has 0 atom stereocenters. The normalized spacial score (nSPS) is 13.3. The summed E-state index contributed by atoms with van der Waals surface area (Å²) in [6.45, 7) is 8.35. The molecule has 0 aliphatic heterocycles. The van der Waals surface area contributed by atoms with Gasteiger partial charge in [-0.1, -0.05) is 25.8 Å². The van der Waals surface area contributed by atoms with Crippen molar-refractivity contribution in [1.29, 1.82) is 0 Å². The molecule has 0 amide bonds. The molecule has 5 heteroatoms. The van der Waals surface area contributed by atoms with Gasteiger partial charge in [0, 0.05) is 11.7 Å². The van der Waals surface area contributed by atoms with Gasteiger partial charge in [0.05, 0.1) is 0 Å². The summed E-state index contributed by atoms with van der Waals surface area (Å²) < 4.78 is 5.36. The quantitative estimate of drug-likeness (QED) is 0.156. The summed E-state index contributed by atoms with van der Waals surface area (Å²) in [5, 5.41) is 0. The monoisotopic (exact) mass is 259 g/mol. The van der Waals surface area contributed by atoms with Crippen LogP contribution in [0.2, 0.25) is 0 Å². The molecule has 0 aromatic carbocycles. The standard InChI is InChI=1S/C12H25N3OS/c1-5-6-7-8-9-11(10-13)16-17-15-14-12(2,3)4/h8-10,14-15H,5-7,13H2,1-4H3/b9-8-,11-10+. The highest BCUT2D eigenvalue weighted by atomic mass is 32.2. The zero-order chi connectivity index (χ0) is 13.1. The third-order valence-corrected chi connectivity index (χ3v) is 2.24. The highest BCUT2D eigenvalue weighted by Crippen LogP contribution is 2.09. The lowest BCUT2D eigenvalue weighted by molar-refractivity contribution is 0.402. The third-order valence-electron chi connectivity index (χ3n) is 1.78. The summed E-state index contributed by atoms with van der Waals surface area (Å²) in [6, 6.07) is 0. The minimum Gasteiger partial charge on any atom is -0.407 e. The fourth-order valence-corrected chi connectivity index (χ4v) is 1.47. The van der Waals surface area contributed by atoms with E-state index < -0.39 is 0 Å². The number of nitrogens with two attached hydrogens (primary N) is 1. The van der Waals surface area contributed by atoms with E-state index in [4.69, 9.17) is 9.92 Å². The van der Waals surface area contributed by atoms with Crippen molar-refractivity contribution in [3.8, 4) is 0 Å². The molecule has 0 rings (SSSR count). The van der Waals surface area contributed by atoms with E-state index in [9.17, 15) is 0 Å². The molecule has 0 aromatic heterocycles. The molecule has 4 nitrogen and oxygen atoms in total. The minimum absolute atomic E-state index is 0.0000819. The lowest BCUT2D eigenvalue weighted by atomic mass is 10.1. The molecule has 100 valence electrons. The van der Waals surface area contributed by atoms with Crippen molar-refractivity contribution in [1.82, 2.24) is 10.3 Å². The molecule has 17 heavy (non-hydrogen) atoms. The van der Waals surface area contributed by atoms with E-state index in [0.717, 1.165) is 18.6 Å². The van der Waals surface area contributed by atoms with Gasteiger partial charge in [-0.2, -0.15) is 4.83 Å². The van der Waals surface area contributed by atoms with Crippen LogP contribution in [0, 0.1) is 0 Å². The number of hydrogen-bond donors (Lipinski definition) is 3. The molecule has 0 saturated carbocycles. The predicted molar refractivity (Wildman–Crippen MR) is 75.6 cm³/mol. The first-order valence-electron chi connectivity index (χ1n) is 5.93. The van der Waals surface area contributed by atoms with Crippen molar-refractivity contribution in [2.45, 2.75) is 52.5 Å². The topological polar surface area (TPSA) is 59.3 Å². The average molecular weight is 259 g/mol. The van der Waals surface area contributed by atoms with E-state index in [1.165, 1.54) is 19.0 Å². The number of hydrogen-bond acceptors (Lipinski definition) is 5. The molecule has 0 unspecified atom stereocenters. The predicted octanol–water partition coefficient (Wildman–Crippen LogP) is 3.01. The maximum Gasteiger partial charge on any atom is 0.159 e. The highest BCUT2D eigenvalue weighted by Gasteiger charge is 2.07. The number of hydrazine groups is 1. The first-order valence-corrected chi connectivity index (χ1v) is 6.68. The smallest absolute Gasteiger partial charge is 0.159 e. The van der Waals surface area contributed by atoms with Gasteiger partial charge in [0.25, 0.3) is 0 Å². The van der Waals surface area contributed by atoms with Crippen LogP contribution in [0.15, 0.2) is 24.1 Å². The van der Waals surface area contributed by atoms with Crippen molar-refractivity contribution < 1.29 is 4.18 Å². The van der Waals surface area contributed by atoms with E-state index in [-0.39, 0.29) is 5.54 Å². The Balaban J connectivity index is 3.73. The molecule has 0 heterocycles. The van der Waals surface area contributed by atoms with E-state index >= 15 is 0 Å². The SMILES string of the molecule is CCCC/C=C\C(=C/N)OSNNC(C)(C)C. The van der Waals surface area contributed by atoms with Gasteiger partial charge < -0.3 is 9.92 Å². The van der Waals surface area contributed by atoms with Crippen LogP contribution in [0.25, 0.3) is 0 Å². The van der Waals surface area contributed by atoms with Crippen molar-refractivity contribution in [3.63, 3.8) is 0 Å². The summed E-state index contributed by atoms with van der Waals surface area (Å²) in [6.07, 6.45) is 8.84. The van der Waals surface area contributed by atoms with Crippen molar-refractivity contribution in [2.24, 2.45) is 5.73 Å². The second-order valence-corrected chi connectivity index (χ2v) is 5.29. The van der Waals surface area contributed by atoms with Crippen LogP contribution in [0.1, 0.15) is 47.0 Å². The molecule has 0 bridgehead atoms. The van der Waals surface area contributed by atoms with Crippen molar-refractivity contribution in [2.75, 3.05) is 0 Å². The Bertz CT molecular complexity index is 247. The molecule has 0 radical (unpaired) electrons. The van der Waals surface area contributed by atoms with Crippen LogP contribution in [0.3, 0.4) is 0 Å². The molecule has 0 aromatic rings. The molecule has 0 aliphatic carbocycles. The number of allylic oxidation sites excluding steroid dienone is 2. The van der Waals surface area contributed by atoms with Crippen molar-refractivity contribution in [3.05, 3.63) is 24.1 Å². The Morgan fingerprint density at radius 2 is 2.12 bits per heavy atom. The Morgan fingerprint density at radius 3 is 2.65 bits per heavy atom. The summed E-state index contributed by atoms with van der Waals surface area (Å²) in [5.74, 6) is 0.648. The number of rotatable bonds is 8. The Labute approximate surface area is 109 Å². The maximum absolute atomic E-state index is 5.46. The zero-order valence-corrected chi connectivity index (χ0v) is 12.1. The van der Waals surface area contributed by atoms with Crippen LogP contribution < -0.4 is 16.0 Å². The van der Waals surface area contributed by atoms with E-state index in [0.29, 0.717) is 5.76 Å². The van der Waals surface area contributed by atoms with Gasteiger partial charge in [0.2, 0.25) is 0 Å². The molecular formula is C12H25N3OS. The summed E-state index contributed by atoms with van der Waals surface area (Å²) >= 11 is 1.12. The van der Waals surface area contributed by atoms with Gasteiger partial charge in [-0.25, -0.2) is 5.43 Å². The van der Waals surface area contributed by atoms with Gasteiger partial charge in [0.1, 0.15) is 0 Å². The lowest BCUT2D eigenvalue weighted by Crippen LogP contribution is -2.42. The average Bonchev–Trinajstić information content (AvgIpc) is 2.25. The van der Waals surface area contributed by atoms with Gasteiger partial charge in [-0.15, -0.1) is 0 Å². The van der Waals surface area contributed by atoms with Crippen LogP contribution in [-0.4, -0.2) is 5.54 Å². The first kappa shape index (κ1) is 16.4. The summed E-state index contributed by atoms with van der Waals surface area (Å²) in [4.78, 5) is 2.91. The van der Waals surface area contributed by atoms with Crippen LogP contribution >= 0.6 is 12.2 Å². The van der Waals surface area contributed by atoms with Gasteiger partial charge >= 0.3 is 0 Å². The molecule has 4 N–H and O–H groups in total. The second-order valence-electron chi connectivity index (χ2n) is 4.76. The highest BCUT2D eigenvalue weighted by molar-refractivity contribution is 7.92. The molecule has 0 saturated heterocycles. The first-order chi connectivity index (χ1) is 7.99. The van der Waals surface area contributed by atoms with E-state index in [1.807, 2.05) is 6.08 Å². The number of unbranched alkanes of at least 4 members (excludes halogenated alkanes) is 2. The van der Waals surface area contributed by atoms with Gasteiger partial charge in [-0.05, 0) is 33.3 Å². The fourth-order valence-electron chi connectivity index (χ4n) is 0.875. The van der Waals surface area contributed by atoms with Crippen LogP contribution in [0.4, 0.5) is 0 Å². The second kappa shape index (κ2) is 9.39. The lowest BCUT2D eigenvalue weighted by Gasteiger charge is -2.19. The fraction of sp³-hybridized carbons (Fsp3) is 0.667. The van der Waals surface area contributed by atoms with Crippen LogP contribution in [-0.2, 0) is 4.18 Å². The molecule has 0 aliphatic rings. The molecular weight excluding hydrogens is 234 g/mol. The molecule has 0 fully saturated rings. The Morgan fingerprint density at radius 1 is 1.41 bits per heavy atom.